The van der Waals surface area contributed by atoms with Gasteiger partial charge in [0.05, 0.1) is 6.54 Å². The second kappa shape index (κ2) is 4.35. The van der Waals surface area contributed by atoms with Gasteiger partial charge in [-0.2, -0.15) is 0 Å². The molecule has 1 aliphatic rings. The minimum atomic E-state index is -1.04. The van der Waals surface area contributed by atoms with Crippen LogP contribution in [0.3, 0.4) is 0 Å². The standard InChI is InChI=1S/C11H11ClN2O3/c12-7-1-2-8-6(3-7)4-9(11(16)17)14(8)10(15)5-13/h1-3,9H,4-5,13H2,(H,16,17). The van der Waals surface area contributed by atoms with Gasteiger partial charge < -0.3 is 10.8 Å². The second-order valence-electron chi connectivity index (χ2n) is 3.80. The van der Waals surface area contributed by atoms with Gasteiger partial charge in [-0.15, -0.1) is 0 Å². The first-order valence-corrected chi connectivity index (χ1v) is 5.45. The summed E-state index contributed by atoms with van der Waals surface area (Å²) >= 11 is 5.84. The number of carbonyl (C=O) groups excluding carboxylic acids is 1. The van der Waals surface area contributed by atoms with E-state index in [0.717, 1.165) is 5.56 Å². The first kappa shape index (κ1) is 11.9. The highest BCUT2D eigenvalue weighted by Crippen LogP contribution is 2.34. The van der Waals surface area contributed by atoms with Crippen molar-refractivity contribution in [3.05, 3.63) is 28.8 Å². The molecule has 1 aliphatic heterocycles. The smallest absolute Gasteiger partial charge is 0.327 e. The van der Waals surface area contributed by atoms with Crippen LogP contribution >= 0.6 is 11.6 Å². The van der Waals surface area contributed by atoms with E-state index in [9.17, 15) is 9.59 Å². The van der Waals surface area contributed by atoms with Crippen LogP contribution in [0.5, 0.6) is 0 Å². The van der Waals surface area contributed by atoms with Crippen LogP contribution in [0.15, 0.2) is 18.2 Å². The molecule has 2 rings (SSSR count). The van der Waals surface area contributed by atoms with Crippen LogP contribution in [0.4, 0.5) is 5.69 Å². The van der Waals surface area contributed by atoms with E-state index in [0.29, 0.717) is 10.7 Å². The monoisotopic (exact) mass is 254 g/mol. The average molecular weight is 255 g/mol. The molecule has 0 radical (unpaired) electrons. The van der Waals surface area contributed by atoms with Gasteiger partial charge in [-0.1, -0.05) is 11.6 Å². The number of benzene rings is 1. The molecule has 90 valence electrons. The Balaban J connectivity index is 2.46. The van der Waals surface area contributed by atoms with Crippen LogP contribution in [-0.4, -0.2) is 29.6 Å². The van der Waals surface area contributed by atoms with Crippen molar-refractivity contribution in [1.82, 2.24) is 0 Å². The Labute approximate surface area is 103 Å². The summed E-state index contributed by atoms with van der Waals surface area (Å²) in [5.74, 6) is -1.45. The number of carboxylic acid groups (broad SMARTS) is 1. The Bertz CT molecular complexity index is 490. The number of rotatable bonds is 2. The minimum absolute atomic E-state index is 0.216. The number of fused-ring (bicyclic) bond motifs is 1. The molecule has 0 aromatic heterocycles. The molecular formula is C11H11ClN2O3. The number of amides is 1. The number of carboxylic acids is 1. The zero-order valence-corrected chi connectivity index (χ0v) is 9.65. The van der Waals surface area contributed by atoms with Crippen molar-refractivity contribution in [2.24, 2.45) is 5.73 Å². The third-order valence-electron chi connectivity index (χ3n) is 2.75. The highest BCUT2D eigenvalue weighted by molar-refractivity contribution is 6.30. The van der Waals surface area contributed by atoms with E-state index in [4.69, 9.17) is 22.4 Å². The molecule has 17 heavy (non-hydrogen) atoms. The van der Waals surface area contributed by atoms with E-state index < -0.39 is 17.9 Å². The number of halogens is 1. The predicted octanol–water partition coefficient (Wildman–Crippen LogP) is 0.641. The minimum Gasteiger partial charge on any atom is -0.480 e. The maximum atomic E-state index is 11.7. The van der Waals surface area contributed by atoms with Crippen LogP contribution in [0.2, 0.25) is 5.02 Å². The molecule has 0 saturated carbocycles. The molecule has 1 atom stereocenters. The lowest BCUT2D eigenvalue weighted by Gasteiger charge is -2.21. The molecule has 1 amide bonds. The van der Waals surface area contributed by atoms with Crippen molar-refractivity contribution in [2.75, 3.05) is 11.4 Å². The number of hydrogen-bond acceptors (Lipinski definition) is 3. The highest BCUT2D eigenvalue weighted by Gasteiger charge is 2.37. The first-order valence-electron chi connectivity index (χ1n) is 5.08. The molecule has 0 saturated heterocycles. The number of carbonyl (C=O) groups is 2. The molecule has 6 heteroatoms. The van der Waals surface area contributed by atoms with Crippen LogP contribution in [-0.2, 0) is 16.0 Å². The molecule has 1 aromatic rings. The lowest BCUT2D eigenvalue weighted by molar-refractivity contribution is -0.139. The van der Waals surface area contributed by atoms with E-state index in [1.54, 1.807) is 18.2 Å². The first-order chi connectivity index (χ1) is 8.04. The summed E-state index contributed by atoms with van der Waals surface area (Å²) < 4.78 is 0. The van der Waals surface area contributed by atoms with Gasteiger partial charge in [-0.25, -0.2) is 4.79 Å². The molecule has 1 heterocycles. The molecule has 0 bridgehead atoms. The highest BCUT2D eigenvalue weighted by atomic mass is 35.5. The second-order valence-corrected chi connectivity index (χ2v) is 4.24. The van der Waals surface area contributed by atoms with Gasteiger partial charge in [0.15, 0.2) is 0 Å². The number of aliphatic carboxylic acids is 1. The molecule has 0 spiro atoms. The predicted molar refractivity (Wildman–Crippen MR) is 63.1 cm³/mol. The van der Waals surface area contributed by atoms with Gasteiger partial charge in [0, 0.05) is 17.1 Å². The van der Waals surface area contributed by atoms with Gasteiger partial charge in [-0.05, 0) is 23.8 Å². The van der Waals surface area contributed by atoms with Crippen LogP contribution < -0.4 is 10.6 Å². The Morgan fingerprint density at radius 2 is 2.24 bits per heavy atom. The van der Waals surface area contributed by atoms with Crippen molar-refractivity contribution < 1.29 is 14.7 Å². The van der Waals surface area contributed by atoms with Crippen molar-refractivity contribution in [3.8, 4) is 0 Å². The molecular weight excluding hydrogens is 244 g/mol. The fraction of sp³-hybridized carbons (Fsp3) is 0.273. The fourth-order valence-corrected chi connectivity index (χ4v) is 2.22. The van der Waals surface area contributed by atoms with Gasteiger partial charge in [0.2, 0.25) is 5.91 Å². The Morgan fingerprint density at radius 3 is 2.82 bits per heavy atom. The van der Waals surface area contributed by atoms with Gasteiger partial charge >= 0.3 is 5.97 Å². The van der Waals surface area contributed by atoms with E-state index in [2.05, 4.69) is 0 Å². The van der Waals surface area contributed by atoms with Crippen molar-refractivity contribution in [2.45, 2.75) is 12.5 Å². The maximum absolute atomic E-state index is 11.7. The number of nitrogens with two attached hydrogens (primary N) is 1. The van der Waals surface area contributed by atoms with Crippen molar-refractivity contribution in [1.29, 1.82) is 0 Å². The van der Waals surface area contributed by atoms with Gasteiger partial charge in [0.1, 0.15) is 6.04 Å². The van der Waals surface area contributed by atoms with E-state index in [1.807, 2.05) is 0 Å². The zero-order chi connectivity index (χ0) is 12.6. The Kier molecular flexibility index (Phi) is 3.04. The summed E-state index contributed by atoms with van der Waals surface area (Å²) in [6, 6.07) is 4.06. The zero-order valence-electron chi connectivity index (χ0n) is 8.89. The Morgan fingerprint density at radius 1 is 1.53 bits per heavy atom. The van der Waals surface area contributed by atoms with Crippen LogP contribution in [0.1, 0.15) is 5.56 Å². The SMILES string of the molecule is NCC(=O)N1c2ccc(Cl)cc2CC1C(=O)O. The van der Waals surface area contributed by atoms with E-state index in [1.165, 1.54) is 4.90 Å². The summed E-state index contributed by atoms with van der Waals surface area (Å²) in [6.07, 6.45) is 0.261. The van der Waals surface area contributed by atoms with E-state index in [-0.39, 0.29) is 13.0 Å². The maximum Gasteiger partial charge on any atom is 0.327 e. The van der Waals surface area contributed by atoms with Crippen LogP contribution in [0, 0.1) is 0 Å². The lowest BCUT2D eigenvalue weighted by atomic mass is 10.1. The largest absolute Gasteiger partial charge is 0.480 e. The molecule has 3 N–H and O–H groups in total. The normalized spacial score (nSPS) is 18.0. The number of anilines is 1. The van der Waals surface area contributed by atoms with Crippen LogP contribution in [0.25, 0.3) is 0 Å². The van der Waals surface area contributed by atoms with Crippen molar-refractivity contribution >= 4 is 29.2 Å². The summed E-state index contributed by atoms with van der Waals surface area (Å²) in [4.78, 5) is 24.0. The average Bonchev–Trinajstić information content (AvgIpc) is 2.66. The summed E-state index contributed by atoms with van der Waals surface area (Å²) in [5, 5.41) is 9.62. The molecule has 0 fully saturated rings. The number of hydrogen-bond donors (Lipinski definition) is 2. The fourth-order valence-electron chi connectivity index (χ4n) is 2.02. The molecule has 0 aliphatic carbocycles. The van der Waals surface area contributed by atoms with Gasteiger partial charge in [-0.3, -0.25) is 9.69 Å². The molecule has 1 unspecified atom stereocenters. The summed E-state index contributed by atoms with van der Waals surface area (Å²) in [6.45, 7) is -0.216. The van der Waals surface area contributed by atoms with Gasteiger partial charge in [0.25, 0.3) is 0 Å². The molecule has 5 nitrogen and oxygen atoms in total. The topological polar surface area (TPSA) is 83.6 Å². The summed E-state index contributed by atoms with van der Waals surface area (Å²) in [7, 11) is 0. The Hall–Kier alpha value is -1.59. The number of nitrogens with zero attached hydrogens (tertiary/aromatic N) is 1. The molecule has 1 aromatic carbocycles. The summed E-state index contributed by atoms with van der Waals surface area (Å²) in [5.41, 5.74) is 6.63. The third kappa shape index (κ3) is 1.99. The van der Waals surface area contributed by atoms with Crippen molar-refractivity contribution in [3.63, 3.8) is 0 Å². The van der Waals surface area contributed by atoms with E-state index >= 15 is 0 Å². The lowest BCUT2D eigenvalue weighted by Crippen LogP contribution is -2.45. The third-order valence-corrected chi connectivity index (χ3v) is 2.99. The quantitative estimate of drug-likeness (QED) is 0.811.